The molecule has 3 aliphatic rings. The molecule has 0 bridgehead atoms. The van der Waals surface area contributed by atoms with E-state index < -0.39 is 0 Å². The highest BCUT2D eigenvalue weighted by atomic mass is 16.5. The Hall–Kier alpha value is -2.60. The Labute approximate surface area is 183 Å². The molecule has 0 radical (unpaired) electrons. The number of fused-ring (bicyclic) bond motifs is 1. The quantitative estimate of drug-likeness (QED) is 0.745. The van der Waals surface area contributed by atoms with Gasteiger partial charge in [0.15, 0.2) is 6.61 Å². The van der Waals surface area contributed by atoms with Crippen molar-refractivity contribution in [2.75, 3.05) is 45.9 Å². The summed E-state index contributed by atoms with van der Waals surface area (Å²) in [5, 5.41) is 2.27. The number of rotatable bonds is 5. The van der Waals surface area contributed by atoms with Crippen LogP contribution < -0.4 is 4.74 Å². The molecule has 2 aromatic carbocycles. The molecule has 0 unspecified atom stereocenters. The number of piperidine rings is 1. The number of nitrogens with zero attached hydrogens (tertiary/aromatic N) is 3. The van der Waals surface area contributed by atoms with Crippen LogP contribution in [0.1, 0.15) is 32.1 Å². The highest BCUT2D eigenvalue weighted by Gasteiger charge is 2.48. The summed E-state index contributed by atoms with van der Waals surface area (Å²) < 4.78 is 5.84. The third-order valence-electron chi connectivity index (χ3n) is 7.29. The molecule has 1 spiro atoms. The average molecular weight is 422 g/mol. The van der Waals surface area contributed by atoms with Crippen LogP contribution >= 0.6 is 0 Å². The van der Waals surface area contributed by atoms with E-state index in [4.69, 9.17) is 4.74 Å². The van der Waals surface area contributed by atoms with Crippen LogP contribution in [0.2, 0.25) is 0 Å². The molecule has 0 N–H and O–H groups in total. The van der Waals surface area contributed by atoms with Gasteiger partial charge in [-0.25, -0.2) is 0 Å². The fraction of sp³-hybridized carbons (Fsp3) is 0.520. The number of carbonyl (C=O) groups is 2. The molecule has 2 aromatic rings. The summed E-state index contributed by atoms with van der Waals surface area (Å²) in [6.45, 7) is 4.79. The molecular weight excluding hydrogens is 390 g/mol. The van der Waals surface area contributed by atoms with E-state index in [0.29, 0.717) is 13.1 Å². The summed E-state index contributed by atoms with van der Waals surface area (Å²) in [5.41, 5.74) is -0.0216. The molecule has 3 saturated heterocycles. The van der Waals surface area contributed by atoms with Crippen LogP contribution in [0.3, 0.4) is 0 Å². The van der Waals surface area contributed by atoms with Gasteiger partial charge in [-0.2, -0.15) is 0 Å². The van der Waals surface area contributed by atoms with Gasteiger partial charge < -0.3 is 14.5 Å². The molecule has 0 aromatic heterocycles. The topological polar surface area (TPSA) is 53.1 Å². The first kappa shape index (κ1) is 20.3. The first-order valence-electron chi connectivity index (χ1n) is 11.6. The third-order valence-corrected chi connectivity index (χ3v) is 7.29. The Bertz CT molecular complexity index is 971. The number of likely N-dealkylation sites (tertiary alicyclic amines) is 3. The maximum Gasteiger partial charge on any atom is 0.260 e. The number of ether oxygens (including phenoxy) is 1. The van der Waals surface area contributed by atoms with Crippen molar-refractivity contribution < 1.29 is 14.3 Å². The molecule has 6 heteroatoms. The SMILES string of the molecule is O=C(CN1CC[C@]12CCCN(C(=O)COc1ccc3ccccc3c1)C2)N1CCCC1. The Balaban J connectivity index is 1.17. The van der Waals surface area contributed by atoms with Crippen molar-refractivity contribution in [3.05, 3.63) is 42.5 Å². The Morgan fingerprint density at radius 1 is 0.839 bits per heavy atom. The molecule has 3 fully saturated rings. The summed E-state index contributed by atoms with van der Waals surface area (Å²) in [6, 6.07) is 14.1. The van der Waals surface area contributed by atoms with Gasteiger partial charge in [-0.1, -0.05) is 30.3 Å². The number of amides is 2. The Morgan fingerprint density at radius 2 is 1.61 bits per heavy atom. The van der Waals surface area contributed by atoms with E-state index in [1.807, 2.05) is 46.2 Å². The fourth-order valence-electron chi connectivity index (χ4n) is 5.34. The molecule has 5 rings (SSSR count). The zero-order valence-corrected chi connectivity index (χ0v) is 18.1. The van der Waals surface area contributed by atoms with E-state index in [1.165, 1.54) is 0 Å². The number of hydrogen-bond acceptors (Lipinski definition) is 4. The normalized spacial score (nSPS) is 23.9. The summed E-state index contributed by atoms with van der Waals surface area (Å²) in [7, 11) is 0. The molecule has 1 atom stereocenters. The van der Waals surface area contributed by atoms with Gasteiger partial charge in [0.05, 0.1) is 6.54 Å². The van der Waals surface area contributed by atoms with Crippen LogP contribution in [0.5, 0.6) is 5.75 Å². The largest absolute Gasteiger partial charge is 0.484 e. The lowest BCUT2D eigenvalue weighted by Gasteiger charge is -2.57. The van der Waals surface area contributed by atoms with Crippen LogP contribution in [0.4, 0.5) is 0 Å². The van der Waals surface area contributed by atoms with Gasteiger partial charge in [-0.3, -0.25) is 14.5 Å². The van der Waals surface area contributed by atoms with Gasteiger partial charge in [0.1, 0.15) is 5.75 Å². The van der Waals surface area contributed by atoms with Gasteiger partial charge in [0, 0.05) is 38.3 Å². The molecule has 3 heterocycles. The smallest absolute Gasteiger partial charge is 0.260 e. The van der Waals surface area contributed by atoms with E-state index in [2.05, 4.69) is 11.0 Å². The van der Waals surface area contributed by atoms with Crippen molar-refractivity contribution >= 4 is 22.6 Å². The molecule has 6 nitrogen and oxygen atoms in total. The van der Waals surface area contributed by atoms with E-state index in [9.17, 15) is 9.59 Å². The van der Waals surface area contributed by atoms with Gasteiger partial charge in [0.2, 0.25) is 5.91 Å². The van der Waals surface area contributed by atoms with Crippen molar-refractivity contribution in [3.8, 4) is 5.75 Å². The second-order valence-corrected chi connectivity index (χ2v) is 9.20. The zero-order valence-electron chi connectivity index (χ0n) is 18.1. The predicted octanol–water partition coefficient (Wildman–Crippen LogP) is 2.91. The van der Waals surface area contributed by atoms with Crippen LogP contribution in [0.15, 0.2) is 42.5 Å². The summed E-state index contributed by atoms with van der Waals surface area (Å²) >= 11 is 0. The minimum Gasteiger partial charge on any atom is -0.484 e. The maximum absolute atomic E-state index is 12.9. The summed E-state index contributed by atoms with van der Waals surface area (Å²) in [5.74, 6) is 1.00. The molecule has 0 aliphatic carbocycles. The highest BCUT2D eigenvalue weighted by molar-refractivity contribution is 5.84. The zero-order chi connectivity index (χ0) is 21.3. The number of benzene rings is 2. The lowest BCUT2D eigenvalue weighted by atomic mass is 9.77. The Morgan fingerprint density at radius 3 is 2.39 bits per heavy atom. The first-order valence-corrected chi connectivity index (χ1v) is 11.6. The number of hydrogen-bond donors (Lipinski definition) is 0. The molecule has 2 amide bonds. The minimum atomic E-state index is -0.0216. The molecule has 0 saturated carbocycles. The van der Waals surface area contributed by atoms with Crippen molar-refractivity contribution in [1.82, 2.24) is 14.7 Å². The lowest BCUT2D eigenvalue weighted by molar-refractivity contribution is -0.147. The maximum atomic E-state index is 12.9. The standard InChI is InChI=1S/C25H31N3O3/c29-23(26-12-3-4-13-26)17-28-15-11-25(28)10-5-14-27(19-25)24(30)18-31-22-9-8-20-6-1-2-7-21(20)16-22/h1-2,6-9,16H,3-5,10-15,17-19H2/t25-/m0/s1. The third kappa shape index (κ3) is 4.13. The van der Waals surface area contributed by atoms with Crippen molar-refractivity contribution in [3.63, 3.8) is 0 Å². The summed E-state index contributed by atoms with van der Waals surface area (Å²) in [4.78, 5) is 31.8. The lowest BCUT2D eigenvalue weighted by Crippen LogP contribution is -2.69. The van der Waals surface area contributed by atoms with Crippen LogP contribution in [-0.4, -0.2) is 77.9 Å². The van der Waals surface area contributed by atoms with Crippen molar-refractivity contribution in [2.24, 2.45) is 0 Å². The second kappa shape index (κ2) is 8.50. The van der Waals surface area contributed by atoms with Crippen LogP contribution in [0.25, 0.3) is 10.8 Å². The van der Waals surface area contributed by atoms with Crippen LogP contribution in [0, 0.1) is 0 Å². The molecular formula is C25H31N3O3. The molecule has 3 aliphatic heterocycles. The van der Waals surface area contributed by atoms with Crippen molar-refractivity contribution in [2.45, 2.75) is 37.6 Å². The van der Waals surface area contributed by atoms with E-state index >= 15 is 0 Å². The minimum absolute atomic E-state index is 0.0216. The average Bonchev–Trinajstić information content (AvgIpc) is 3.35. The van der Waals surface area contributed by atoms with Gasteiger partial charge in [0.25, 0.3) is 5.91 Å². The van der Waals surface area contributed by atoms with Gasteiger partial charge in [-0.05, 0) is 55.0 Å². The summed E-state index contributed by atoms with van der Waals surface area (Å²) in [6.07, 6.45) is 5.36. The van der Waals surface area contributed by atoms with E-state index in [-0.39, 0.29) is 24.0 Å². The second-order valence-electron chi connectivity index (χ2n) is 9.20. The first-order chi connectivity index (χ1) is 15.1. The number of carbonyl (C=O) groups excluding carboxylic acids is 2. The van der Waals surface area contributed by atoms with Crippen LogP contribution in [-0.2, 0) is 9.59 Å². The molecule has 31 heavy (non-hydrogen) atoms. The highest BCUT2D eigenvalue weighted by Crippen LogP contribution is 2.38. The van der Waals surface area contributed by atoms with Crippen molar-refractivity contribution in [1.29, 1.82) is 0 Å². The predicted molar refractivity (Wildman–Crippen MR) is 120 cm³/mol. The van der Waals surface area contributed by atoms with E-state index in [0.717, 1.165) is 74.8 Å². The molecule has 164 valence electrons. The fourth-order valence-corrected chi connectivity index (χ4v) is 5.34. The monoisotopic (exact) mass is 421 g/mol. The van der Waals surface area contributed by atoms with Gasteiger partial charge in [-0.15, -0.1) is 0 Å². The van der Waals surface area contributed by atoms with E-state index in [1.54, 1.807) is 0 Å². The van der Waals surface area contributed by atoms with Gasteiger partial charge >= 0.3 is 0 Å². The Kier molecular flexibility index (Phi) is 5.57.